The molecular formula is C12H8O2S. The van der Waals surface area contributed by atoms with E-state index in [0.717, 1.165) is 11.1 Å². The van der Waals surface area contributed by atoms with Gasteiger partial charge in [-0.05, 0) is 23.3 Å². The van der Waals surface area contributed by atoms with Gasteiger partial charge in [0.2, 0.25) is 10.3 Å². The van der Waals surface area contributed by atoms with E-state index in [9.17, 15) is 8.42 Å². The van der Waals surface area contributed by atoms with Gasteiger partial charge in [-0.3, -0.25) is 0 Å². The molecule has 0 spiro atoms. The highest BCUT2D eigenvalue weighted by molar-refractivity contribution is 7.73. The Morgan fingerprint density at radius 1 is 1.20 bits per heavy atom. The van der Waals surface area contributed by atoms with Crippen LogP contribution in [-0.4, -0.2) is 13.3 Å². The molecule has 0 unspecified atom stereocenters. The van der Waals surface area contributed by atoms with Gasteiger partial charge >= 0.3 is 0 Å². The molecule has 0 amide bonds. The molecule has 1 aliphatic carbocycles. The number of rotatable bonds is 1. The monoisotopic (exact) mass is 216 g/mol. The second-order valence-corrected chi connectivity index (χ2v) is 3.98. The predicted octanol–water partition coefficient (Wildman–Crippen LogP) is 1.70. The van der Waals surface area contributed by atoms with Gasteiger partial charge in [0, 0.05) is 6.42 Å². The summed E-state index contributed by atoms with van der Waals surface area (Å²) in [5.74, 6) is 0. The maximum Gasteiger partial charge on any atom is 0.217 e. The first-order valence-electron chi connectivity index (χ1n) is 4.44. The van der Waals surface area contributed by atoms with Crippen molar-refractivity contribution >= 4 is 20.7 Å². The van der Waals surface area contributed by atoms with Crippen LogP contribution in [0.3, 0.4) is 0 Å². The SMILES string of the molecule is O=S(=O)=C1[CH]C(c2[c]cccc2)=CC=C1. The van der Waals surface area contributed by atoms with Crippen molar-refractivity contribution in [3.8, 4) is 0 Å². The highest BCUT2D eigenvalue weighted by Gasteiger charge is 2.08. The Balaban J connectivity index is 2.39. The first-order chi connectivity index (χ1) is 7.27. The molecule has 0 aromatic heterocycles. The Morgan fingerprint density at radius 2 is 2.07 bits per heavy atom. The van der Waals surface area contributed by atoms with Crippen molar-refractivity contribution in [1.82, 2.24) is 0 Å². The molecule has 1 aromatic carbocycles. The molecule has 0 saturated carbocycles. The quantitative estimate of drug-likeness (QED) is 0.669. The Hall–Kier alpha value is -1.61. The maximum atomic E-state index is 10.8. The second-order valence-electron chi connectivity index (χ2n) is 3.04. The second kappa shape index (κ2) is 4.28. The van der Waals surface area contributed by atoms with Gasteiger partial charge in [0.1, 0.15) is 0 Å². The summed E-state index contributed by atoms with van der Waals surface area (Å²) in [7, 11) is -2.18. The van der Waals surface area contributed by atoms with Crippen molar-refractivity contribution < 1.29 is 8.42 Å². The summed E-state index contributed by atoms with van der Waals surface area (Å²) in [6.07, 6.45) is 6.79. The fraction of sp³-hybridized carbons (Fsp3) is 0. The largest absolute Gasteiger partial charge is 0.217 e. The van der Waals surface area contributed by atoms with E-state index in [1.165, 1.54) is 0 Å². The molecule has 1 aromatic rings. The van der Waals surface area contributed by atoms with Crippen LogP contribution in [0.25, 0.3) is 5.57 Å². The molecule has 0 bridgehead atoms. The lowest BCUT2D eigenvalue weighted by molar-refractivity contribution is 0.627. The average molecular weight is 216 g/mol. The van der Waals surface area contributed by atoms with E-state index in [1.807, 2.05) is 24.3 Å². The number of hydrogen-bond acceptors (Lipinski definition) is 2. The minimum atomic E-state index is -2.18. The van der Waals surface area contributed by atoms with Crippen LogP contribution in [0.15, 0.2) is 42.5 Å². The van der Waals surface area contributed by atoms with Gasteiger partial charge in [0.25, 0.3) is 0 Å². The molecule has 0 atom stereocenters. The third-order valence-electron chi connectivity index (χ3n) is 2.05. The van der Waals surface area contributed by atoms with Crippen LogP contribution in [0.1, 0.15) is 5.56 Å². The van der Waals surface area contributed by atoms with Crippen molar-refractivity contribution in [3.05, 3.63) is 60.5 Å². The molecule has 2 nitrogen and oxygen atoms in total. The minimum Gasteiger partial charge on any atom is -0.184 e. The van der Waals surface area contributed by atoms with Gasteiger partial charge in [-0.1, -0.05) is 36.4 Å². The molecular weight excluding hydrogens is 208 g/mol. The predicted molar refractivity (Wildman–Crippen MR) is 60.6 cm³/mol. The molecule has 3 heteroatoms. The van der Waals surface area contributed by atoms with Crippen LogP contribution in [0.5, 0.6) is 0 Å². The topological polar surface area (TPSA) is 34.1 Å². The third kappa shape index (κ3) is 2.25. The molecule has 2 rings (SSSR count). The molecule has 0 aliphatic heterocycles. The van der Waals surface area contributed by atoms with Crippen LogP contribution in [0.4, 0.5) is 0 Å². The van der Waals surface area contributed by atoms with Gasteiger partial charge < -0.3 is 0 Å². The molecule has 15 heavy (non-hydrogen) atoms. The fourth-order valence-electron chi connectivity index (χ4n) is 1.34. The van der Waals surface area contributed by atoms with Crippen LogP contribution in [-0.2, 0) is 10.3 Å². The van der Waals surface area contributed by atoms with Crippen molar-refractivity contribution in [2.75, 3.05) is 0 Å². The number of allylic oxidation sites excluding steroid dienone is 4. The summed E-state index contributed by atoms with van der Waals surface area (Å²) in [6.45, 7) is 0. The van der Waals surface area contributed by atoms with Gasteiger partial charge in [0.05, 0.1) is 4.86 Å². The van der Waals surface area contributed by atoms with E-state index in [4.69, 9.17) is 0 Å². The van der Waals surface area contributed by atoms with Crippen molar-refractivity contribution in [1.29, 1.82) is 0 Å². The zero-order valence-electron chi connectivity index (χ0n) is 7.84. The Labute approximate surface area is 90.1 Å². The molecule has 0 heterocycles. The highest BCUT2D eigenvalue weighted by Crippen LogP contribution is 2.20. The maximum absolute atomic E-state index is 10.8. The zero-order chi connectivity index (χ0) is 10.7. The zero-order valence-corrected chi connectivity index (χ0v) is 8.66. The van der Waals surface area contributed by atoms with Crippen LogP contribution < -0.4 is 0 Å². The van der Waals surface area contributed by atoms with Crippen LogP contribution >= 0.6 is 0 Å². The lowest BCUT2D eigenvalue weighted by Crippen LogP contribution is -2.02. The highest BCUT2D eigenvalue weighted by atomic mass is 32.2. The van der Waals surface area contributed by atoms with Gasteiger partial charge in [-0.15, -0.1) is 0 Å². The third-order valence-corrected chi connectivity index (χ3v) is 2.69. The van der Waals surface area contributed by atoms with E-state index in [-0.39, 0.29) is 0 Å². The molecule has 0 fully saturated rings. The lowest BCUT2D eigenvalue weighted by Gasteiger charge is -2.08. The summed E-state index contributed by atoms with van der Waals surface area (Å²) < 4.78 is 21.5. The molecule has 74 valence electrons. The van der Waals surface area contributed by atoms with E-state index < -0.39 is 10.3 Å². The smallest absolute Gasteiger partial charge is 0.184 e. The van der Waals surface area contributed by atoms with Crippen molar-refractivity contribution in [2.24, 2.45) is 0 Å². The van der Waals surface area contributed by atoms with Crippen LogP contribution in [0.2, 0.25) is 0 Å². The molecule has 0 N–H and O–H groups in total. The Morgan fingerprint density at radius 3 is 2.73 bits per heavy atom. The Kier molecular flexibility index (Phi) is 2.83. The Bertz CT molecular complexity index is 541. The van der Waals surface area contributed by atoms with E-state index in [2.05, 4.69) is 6.07 Å². The lowest BCUT2D eigenvalue weighted by atomic mass is 9.97. The average Bonchev–Trinajstić information content (AvgIpc) is 2.30. The van der Waals surface area contributed by atoms with E-state index in [1.54, 1.807) is 24.6 Å². The summed E-state index contributed by atoms with van der Waals surface area (Å²) in [6, 6.07) is 10.5. The van der Waals surface area contributed by atoms with Gasteiger partial charge in [-0.25, -0.2) is 0 Å². The summed E-state index contributed by atoms with van der Waals surface area (Å²) in [5, 5.41) is 0. The van der Waals surface area contributed by atoms with Crippen molar-refractivity contribution in [2.45, 2.75) is 0 Å². The first-order valence-corrected chi connectivity index (χ1v) is 5.51. The number of hydrogen-bond donors (Lipinski definition) is 0. The van der Waals surface area contributed by atoms with E-state index >= 15 is 0 Å². The first kappa shape index (κ1) is 9.93. The van der Waals surface area contributed by atoms with Crippen LogP contribution in [0, 0.1) is 12.5 Å². The van der Waals surface area contributed by atoms with E-state index in [0.29, 0.717) is 4.86 Å². The molecule has 0 saturated heterocycles. The van der Waals surface area contributed by atoms with Crippen molar-refractivity contribution in [3.63, 3.8) is 0 Å². The normalized spacial score (nSPS) is 14.9. The van der Waals surface area contributed by atoms with Gasteiger partial charge in [-0.2, -0.15) is 8.42 Å². The molecule has 2 radical (unpaired) electrons. The van der Waals surface area contributed by atoms with Gasteiger partial charge in [0.15, 0.2) is 0 Å². The standard InChI is InChI=1S/C12H8O2S/c13-15(14)12-8-4-7-11(9-12)10-5-2-1-3-6-10/h1-5,7-9H. The molecule has 1 aliphatic rings. The minimum absolute atomic E-state index is 0.296. The summed E-state index contributed by atoms with van der Waals surface area (Å²) in [5.41, 5.74) is 1.75. The fourth-order valence-corrected chi connectivity index (χ4v) is 1.75. The summed E-state index contributed by atoms with van der Waals surface area (Å²) in [4.78, 5) is 0.296. The summed E-state index contributed by atoms with van der Waals surface area (Å²) >= 11 is 0. The number of benzene rings is 1.